The Morgan fingerprint density at radius 3 is 2.38 bits per heavy atom. The van der Waals surface area contributed by atoms with E-state index in [0.717, 1.165) is 38.4 Å². The monoisotopic (exact) mass is 487 g/mol. The number of hydrogen-bond donors (Lipinski definition) is 1. The number of carbonyl (C=O) groups is 1. The number of methoxy groups -OCH3 is 1. The fraction of sp³-hybridized carbons (Fsp3) is 0.480. The molecule has 0 aromatic heterocycles. The van der Waals surface area contributed by atoms with Gasteiger partial charge >= 0.3 is 0 Å². The molecule has 0 radical (unpaired) electrons. The molecule has 2 aliphatic heterocycles. The molecule has 0 bridgehead atoms. The minimum Gasteiger partial charge on any atom is -0.497 e. The van der Waals surface area contributed by atoms with Crippen molar-refractivity contribution in [2.45, 2.75) is 30.8 Å². The first kappa shape index (κ1) is 24.7. The molecule has 8 nitrogen and oxygen atoms in total. The molecular formula is C25H33N3O5S. The standard InChI is InChI=1S/C25H33N3O5S/c1-32-23-8-10-24(11-9-23)34(30,31)28-12-2-3-22(19-28)25(29)26-17-20-4-6-21(7-5-20)18-27-13-15-33-16-14-27/h4-11,22H,2-3,12-19H2,1H3,(H,26,29)/t22-/m1/s1. The van der Waals surface area contributed by atoms with Crippen molar-refractivity contribution in [3.63, 3.8) is 0 Å². The van der Waals surface area contributed by atoms with Crippen LogP contribution < -0.4 is 10.1 Å². The van der Waals surface area contributed by atoms with E-state index in [1.165, 1.54) is 17.0 Å². The van der Waals surface area contributed by atoms with Crippen molar-refractivity contribution in [2.75, 3.05) is 46.5 Å². The number of amides is 1. The number of carbonyl (C=O) groups excluding carboxylic acids is 1. The van der Waals surface area contributed by atoms with E-state index in [2.05, 4.69) is 22.3 Å². The van der Waals surface area contributed by atoms with Gasteiger partial charge in [-0.05, 0) is 48.2 Å². The molecule has 9 heteroatoms. The summed E-state index contributed by atoms with van der Waals surface area (Å²) in [5, 5.41) is 2.99. The van der Waals surface area contributed by atoms with Crippen LogP contribution in [0, 0.1) is 5.92 Å². The zero-order valence-electron chi connectivity index (χ0n) is 19.6. The number of hydrogen-bond acceptors (Lipinski definition) is 6. The average Bonchev–Trinajstić information content (AvgIpc) is 2.89. The average molecular weight is 488 g/mol. The first-order chi connectivity index (χ1) is 16.5. The molecule has 0 unspecified atom stereocenters. The molecule has 2 aliphatic rings. The quantitative estimate of drug-likeness (QED) is 0.615. The Kier molecular flexibility index (Phi) is 8.20. The van der Waals surface area contributed by atoms with Gasteiger partial charge in [0.25, 0.3) is 0 Å². The molecule has 0 spiro atoms. The normalized spacial score (nSPS) is 20.1. The Morgan fingerprint density at radius 2 is 1.71 bits per heavy atom. The maximum absolute atomic E-state index is 13.1. The lowest BCUT2D eigenvalue weighted by Crippen LogP contribution is -2.45. The fourth-order valence-corrected chi connectivity index (χ4v) is 5.91. The van der Waals surface area contributed by atoms with Gasteiger partial charge in [0, 0.05) is 39.3 Å². The number of nitrogens with zero attached hydrogens (tertiary/aromatic N) is 2. The Balaban J connectivity index is 1.29. The largest absolute Gasteiger partial charge is 0.497 e. The summed E-state index contributed by atoms with van der Waals surface area (Å²) in [6.45, 7) is 5.40. The van der Waals surface area contributed by atoms with Gasteiger partial charge in [-0.15, -0.1) is 0 Å². The SMILES string of the molecule is COc1ccc(S(=O)(=O)N2CCC[C@@H](C(=O)NCc3ccc(CN4CCOCC4)cc3)C2)cc1. The molecule has 34 heavy (non-hydrogen) atoms. The van der Waals surface area contributed by atoms with Crippen LogP contribution in [-0.2, 0) is 32.6 Å². The summed E-state index contributed by atoms with van der Waals surface area (Å²) < 4.78 is 38.0. The highest BCUT2D eigenvalue weighted by Gasteiger charge is 2.33. The van der Waals surface area contributed by atoms with E-state index < -0.39 is 10.0 Å². The predicted octanol–water partition coefficient (Wildman–Crippen LogP) is 2.24. The zero-order valence-corrected chi connectivity index (χ0v) is 20.4. The third kappa shape index (κ3) is 6.15. The highest BCUT2D eigenvalue weighted by atomic mass is 32.2. The molecule has 1 amide bonds. The Bertz CT molecular complexity index is 1050. The Morgan fingerprint density at radius 1 is 1.03 bits per heavy atom. The molecule has 1 N–H and O–H groups in total. The van der Waals surface area contributed by atoms with Crippen LogP contribution in [0.1, 0.15) is 24.0 Å². The van der Waals surface area contributed by atoms with E-state index in [0.29, 0.717) is 31.7 Å². The number of rotatable bonds is 8. The summed E-state index contributed by atoms with van der Waals surface area (Å²) in [7, 11) is -2.11. The number of nitrogens with one attached hydrogen (secondary N) is 1. The molecule has 0 saturated carbocycles. The number of morpholine rings is 1. The highest BCUT2D eigenvalue weighted by molar-refractivity contribution is 7.89. The molecule has 2 saturated heterocycles. The van der Waals surface area contributed by atoms with Crippen LogP contribution in [0.25, 0.3) is 0 Å². The lowest BCUT2D eigenvalue weighted by atomic mass is 9.98. The first-order valence-corrected chi connectivity index (χ1v) is 13.2. The lowest BCUT2D eigenvalue weighted by molar-refractivity contribution is -0.126. The Labute approximate surface area is 201 Å². The van der Waals surface area contributed by atoms with Crippen molar-refractivity contribution < 1.29 is 22.7 Å². The molecule has 0 aliphatic carbocycles. The van der Waals surface area contributed by atoms with Crippen LogP contribution in [0.2, 0.25) is 0 Å². The molecule has 2 fully saturated rings. The van der Waals surface area contributed by atoms with Crippen molar-refractivity contribution in [1.82, 2.24) is 14.5 Å². The summed E-state index contributed by atoms with van der Waals surface area (Å²) >= 11 is 0. The summed E-state index contributed by atoms with van der Waals surface area (Å²) in [4.78, 5) is 15.4. The van der Waals surface area contributed by atoms with Crippen LogP contribution in [0.3, 0.4) is 0 Å². The second-order valence-electron chi connectivity index (χ2n) is 8.80. The fourth-order valence-electron chi connectivity index (χ4n) is 4.39. The van der Waals surface area contributed by atoms with Crippen molar-refractivity contribution in [1.29, 1.82) is 0 Å². The molecular weight excluding hydrogens is 454 g/mol. The predicted molar refractivity (Wildman–Crippen MR) is 129 cm³/mol. The van der Waals surface area contributed by atoms with E-state index in [4.69, 9.17) is 9.47 Å². The van der Waals surface area contributed by atoms with Crippen molar-refractivity contribution in [3.8, 4) is 5.75 Å². The van der Waals surface area contributed by atoms with Crippen molar-refractivity contribution >= 4 is 15.9 Å². The van der Waals surface area contributed by atoms with Gasteiger partial charge < -0.3 is 14.8 Å². The minimum absolute atomic E-state index is 0.105. The van der Waals surface area contributed by atoms with Crippen LogP contribution in [0.5, 0.6) is 5.75 Å². The van der Waals surface area contributed by atoms with E-state index in [9.17, 15) is 13.2 Å². The lowest BCUT2D eigenvalue weighted by Gasteiger charge is -2.31. The highest BCUT2D eigenvalue weighted by Crippen LogP contribution is 2.25. The van der Waals surface area contributed by atoms with E-state index in [1.54, 1.807) is 24.3 Å². The smallest absolute Gasteiger partial charge is 0.243 e. The topological polar surface area (TPSA) is 88.2 Å². The molecule has 184 valence electrons. The van der Waals surface area contributed by atoms with Crippen molar-refractivity contribution in [3.05, 3.63) is 59.7 Å². The van der Waals surface area contributed by atoms with Crippen LogP contribution in [0.4, 0.5) is 0 Å². The number of piperidine rings is 1. The minimum atomic E-state index is -3.65. The maximum atomic E-state index is 13.1. The number of ether oxygens (including phenoxy) is 2. The number of sulfonamides is 1. The summed E-state index contributed by atoms with van der Waals surface area (Å²) in [5.41, 5.74) is 2.27. The van der Waals surface area contributed by atoms with Crippen LogP contribution >= 0.6 is 0 Å². The van der Waals surface area contributed by atoms with Gasteiger partial charge in [0.15, 0.2) is 0 Å². The Hall–Kier alpha value is -2.46. The molecule has 2 heterocycles. The first-order valence-electron chi connectivity index (χ1n) is 11.8. The summed E-state index contributed by atoms with van der Waals surface area (Å²) in [6, 6.07) is 14.6. The second-order valence-corrected chi connectivity index (χ2v) is 10.7. The van der Waals surface area contributed by atoms with Gasteiger partial charge in [-0.3, -0.25) is 9.69 Å². The van der Waals surface area contributed by atoms with Crippen molar-refractivity contribution in [2.24, 2.45) is 5.92 Å². The van der Waals surface area contributed by atoms with Gasteiger partial charge in [0.2, 0.25) is 15.9 Å². The van der Waals surface area contributed by atoms with Gasteiger partial charge in [-0.1, -0.05) is 24.3 Å². The molecule has 4 rings (SSSR count). The van der Waals surface area contributed by atoms with Gasteiger partial charge in [-0.25, -0.2) is 8.42 Å². The summed E-state index contributed by atoms with van der Waals surface area (Å²) in [5.74, 6) is 0.137. The van der Waals surface area contributed by atoms with Gasteiger partial charge in [0.05, 0.1) is 31.1 Å². The zero-order chi connectivity index (χ0) is 24.0. The second kappa shape index (κ2) is 11.3. The van der Waals surface area contributed by atoms with Crippen LogP contribution in [-0.4, -0.2) is 70.0 Å². The molecule has 1 atom stereocenters. The number of benzene rings is 2. The van der Waals surface area contributed by atoms with Gasteiger partial charge in [-0.2, -0.15) is 4.31 Å². The van der Waals surface area contributed by atoms with Crippen LogP contribution in [0.15, 0.2) is 53.4 Å². The maximum Gasteiger partial charge on any atom is 0.243 e. The summed E-state index contributed by atoms with van der Waals surface area (Å²) in [6.07, 6.45) is 1.34. The third-order valence-electron chi connectivity index (χ3n) is 6.45. The van der Waals surface area contributed by atoms with E-state index >= 15 is 0 Å². The molecule has 2 aromatic carbocycles. The molecule has 2 aromatic rings. The van der Waals surface area contributed by atoms with E-state index in [-0.39, 0.29) is 23.3 Å². The van der Waals surface area contributed by atoms with Gasteiger partial charge in [0.1, 0.15) is 5.75 Å². The third-order valence-corrected chi connectivity index (χ3v) is 8.33. The van der Waals surface area contributed by atoms with E-state index in [1.807, 2.05) is 12.1 Å².